The van der Waals surface area contributed by atoms with E-state index in [0.29, 0.717) is 24.1 Å². The minimum atomic E-state index is -0.289. The molecule has 0 saturated carbocycles. The van der Waals surface area contributed by atoms with E-state index in [9.17, 15) is 14.4 Å². The summed E-state index contributed by atoms with van der Waals surface area (Å²) in [4.78, 5) is 39.7. The van der Waals surface area contributed by atoms with Crippen molar-refractivity contribution in [1.29, 1.82) is 0 Å². The molecule has 1 aliphatic rings. The highest BCUT2D eigenvalue weighted by atomic mass is 16.5. The Kier molecular flexibility index (Phi) is 6.09. The zero-order chi connectivity index (χ0) is 20.1. The molecule has 6 heteroatoms. The number of anilines is 1. The standard InChI is InChI=1S/C22H24N2O4/c1-16-8-3-6-11-19(16)23(2)14-12-20(25)28-15-7-13-24-21(26)17-9-4-5-10-18(17)22(24)27/h3-6,8-11H,7,12-15H2,1-2H3. The number of fused-ring (bicyclic) bond motifs is 1. The van der Waals surface area contributed by atoms with Crippen molar-refractivity contribution in [2.75, 3.05) is 31.6 Å². The smallest absolute Gasteiger partial charge is 0.307 e. The SMILES string of the molecule is Cc1ccccc1N(C)CCC(=O)OCCCN1C(=O)c2ccccc2C1=O. The molecule has 0 saturated heterocycles. The molecule has 0 bridgehead atoms. The van der Waals surface area contributed by atoms with Gasteiger partial charge in [-0.1, -0.05) is 30.3 Å². The van der Waals surface area contributed by atoms with Crippen molar-refractivity contribution in [1.82, 2.24) is 4.90 Å². The minimum absolute atomic E-state index is 0.181. The third-order valence-corrected chi connectivity index (χ3v) is 4.85. The summed E-state index contributed by atoms with van der Waals surface area (Å²) >= 11 is 0. The molecule has 0 unspecified atom stereocenters. The van der Waals surface area contributed by atoms with Crippen LogP contribution in [0.5, 0.6) is 0 Å². The van der Waals surface area contributed by atoms with E-state index < -0.39 is 0 Å². The minimum Gasteiger partial charge on any atom is -0.466 e. The Morgan fingerprint density at radius 3 is 2.25 bits per heavy atom. The molecule has 2 aromatic carbocycles. The summed E-state index contributed by atoms with van der Waals surface area (Å²) < 4.78 is 5.25. The first-order chi connectivity index (χ1) is 13.5. The van der Waals surface area contributed by atoms with Crippen LogP contribution in [-0.2, 0) is 9.53 Å². The second-order valence-corrected chi connectivity index (χ2v) is 6.84. The number of benzene rings is 2. The monoisotopic (exact) mass is 380 g/mol. The van der Waals surface area contributed by atoms with Gasteiger partial charge in [0, 0.05) is 25.8 Å². The van der Waals surface area contributed by atoms with Gasteiger partial charge in [0.1, 0.15) is 0 Å². The number of para-hydroxylation sites is 1. The number of hydrogen-bond acceptors (Lipinski definition) is 5. The quantitative estimate of drug-likeness (QED) is 0.400. The number of nitrogens with zero attached hydrogens (tertiary/aromatic N) is 2. The average molecular weight is 380 g/mol. The van der Waals surface area contributed by atoms with Gasteiger partial charge in [-0.3, -0.25) is 19.3 Å². The molecule has 0 aromatic heterocycles. The van der Waals surface area contributed by atoms with Crippen molar-refractivity contribution in [2.24, 2.45) is 0 Å². The molecule has 1 heterocycles. The fraction of sp³-hybridized carbons (Fsp3) is 0.318. The lowest BCUT2D eigenvalue weighted by atomic mass is 10.1. The first-order valence-electron chi connectivity index (χ1n) is 9.36. The number of aryl methyl sites for hydroxylation is 1. The second kappa shape index (κ2) is 8.69. The second-order valence-electron chi connectivity index (χ2n) is 6.84. The summed E-state index contributed by atoms with van der Waals surface area (Å²) in [6.45, 7) is 3.01. The molecule has 3 rings (SSSR count). The summed E-state index contributed by atoms with van der Waals surface area (Å²) in [5.41, 5.74) is 3.10. The van der Waals surface area contributed by atoms with Gasteiger partial charge in [0.25, 0.3) is 11.8 Å². The Morgan fingerprint density at radius 2 is 1.61 bits per heavy atom. The highest BCUT2D eigenvalue weighted by Crippen LogP contribution is 2.22. The Hall–Kier alpha value is -3.15. The maximum atomic E-state index is 12.3. The van der Waals surface area contributed by atoms with Gasteiger partial charge in [-0.25, -0.2) is 0 Å². The van der Waals surface area contributed by atoms with Gasteiger partial charge in [0.05, 0.1) is 24.2 Å². The van der Waals surface area contributed by atoms with Crippen LogP contribution in [0.2, 0.25) is 0 Å². The summed E-state index contributed by atoms with van der Waals surface area (Å²) in [7, 11) is 1.94. The predicted octanol–water partition coefficient (Wildman–Crippen LogP) is 3.05. The van der Waals surface area contributed by atoms with Gasteiger partial charge in [0.2, 0.25) is 0 Å². The maximum absolute atomic E-state index is 12.3. The molecule has 0 N–H and O–H groups in total. The third-order valence-electron chi connectivity index (χ3n) is 4.85. The van der Waals surface area contributed by atoms with Crippen molar-refractivity contribution in [2.45, 2.75) is 19.8 Å². The Bertz CT molecular complexity index is 859. The summed E-state index contributed by atoms with van der Waals surface area (Å²) in [6, 6.07) is 14.8. The van der Waals surface area contributed by atoms with E-state index in [1.54, 1.807) is 24.3 Å². The van der Waals surface area contributed by atoms with Crippen LogP contribution >= 0.6 is 0 Å². The van der Waals surface area contributed by atoms with Crippen molar-refractivity contribution in [3.8, 4) is 0 Å². The first kappa shape index (κ1) is 19.6. The number of ether oxygens (including phenoxy) is 1. The summed E-state index contributed by atoms with van der Waals surface area (Å²) in [6.07, 6.45) is 0.697. The average Bonchev–Trinajstić information content (AvgIpc) is 2.94. The predicted molar refractivity (Wildman–Crippen MR) is 106 cm³/mol. The van der Waals surface area contributed by atoms with E-state index in [1.807, 2.05) is 43.1 Å². The molecule has 2 amide bonds. The zero-order valence-corrected chi connectivity index (χ0v) is 16.2. The van der Waals surface area contributed by atoms with Crippen LogP contribution in [-0.4, -0.2) is 49.4 Å². The molecule has 0 spiro atoms. The largest absolute Gasteiger partial charge is 0.466 e. The Balaban J connectivity index is 1.39. The number of rotatable bonds is 8. The molecular formula is C22H24N2O4. The van der Waals surface area contributed by atoms with Crippen LogP contribution in [0.15, 0.2) is 48.5 Å². The van der Waals surface area contributed by atoms with Gasteiger partial charge in [-0.05, 0) is 37.1 Å². The van der Waals surface area contributed by atoms with Gasteiger partial charge in [0.15, 0.2) is 0 Å². The highest BCUT2D eigenvalue weighted by Gasteiger charge is 2.34. The molecule has 1 aliphatic heterocycles. The lowest BCUT2D eigenvalue weighted by molar-refractivity contribution is -0.143. The Labute approximate surface area is 164 Å². The van der Waals surface area contributed by atoms with Gasteiger partial charge < -0.3 is 9.64 Å². The topological polar surface area (TPSA) is 66.9 Å². The molecule has 0 atom stereocenters. The fourth-order valence-corrected chi connectivity index (χ4v) is 3.29. The van der Waals surface area contributed by atoms with E-state index in [0.717, 1.165) is 11.3 Å². The first-order valence-corrected chi connectivity index (χ1v) is 9.36. The number of imide groups is 1. The summed E-state index contributed by atoms with van der Waals surface area (Å²) in [5, 5.41) is 0. The normalized spacial score (nSPS) is 12.9. The molecule has 0 fully saturated rings. The maximum Gasteiger partial charge on any atom is 0.307 e. The zero-order valence-electron chi connectivity index (χ0n) is 16.2. The van der Waals surface area contributed by atoms with E-state index >= 15 is 0 Å². The fourth-order valence-electron chi connectivity index (χ4n) is 3.29. The molecule has 28 heavy (non-hydrogen) atoms. The van der Waals surface area contributed by atoms with E-state index in [4.69, 9.17) is 4.74 Å². The van der Waals surface area contributed by atoms with Crippen LogP contribution < -0.4 is 4.90 Å². The molecule has 0 radical (unpaired) electrons. The van der Waals surface area contributed by atoms with Gasteiger partial charge in [-0.15, -0.1) is 0 Å². The number of amides is 2. The van der Waals surface area contributed by atoms with E-state index in [2.05, 4.69) is 0 Å². The summed E-state index contributed by atoms with van der Waals surface area (Å²) in [5.74, 6) is -0.860. The van der Waals surface area contributed by atoms with Gasteiger partial charge >= 0.3 is 5.97 Å². The number of carbonyl (C=O) groups is 3. The van der Waals surface area contributed by atoms with Crippen LogP contribution in [0.25, 0.3) is 0 Å². The number of carbonyl (C=O) groups excluding carboxylic acids is 3. The molecule has 0 aliphatic carbocycles. The molecule has 146 valence electrons. The number of hydrogen-bond donors (Lipinski definition) is 0. The Morgan fingerprint density at radius 1 is 1.00 bits per heavy atom. The van der Waals surface area contributed by atoms with Gasteiger partial charge in [-0.2, -0.15) is 0 Å². The third kappa shape index (κ3) is 4.22. The highest BCUT2D eigenvalue weighted by molar-refractivity contribution is 6.21. The van der Waals surface area contributed by atoms with Crippen molar-refractivity contribution < 1.29 is 19.1 Å². The molecule has 2 aromatic rings. The lowest BCUT2D eigenvalue weighted by Crippen LogP contribution is -2.31. The van der Waals surface area contributed by atoms with Crippen LogP contribution in [0.3, 0.4) is 0 Å². The van der Waals surface area contributed by atoms with Crippen molar-refractivity contribution >= 4 is 23.5 Å². The molecule has 6 nitrogen and oxygen atoms in total. The van der Waals surface area contributed by atoms with Crippen LogP contribution in [0.1, 0.15) is 39.1 Å². The molecular weight excluding hydrogens is 356 g/mol. The van der Waals surface area contributed by atoms with Crippen molar-refractivity contribution in [3.05, 3.63) is 65.2 Å². The lowest BCUT2D eigenvalue weighted by Gasteiger charge is -2.21. The van der Waals surface area contributed by atoms with E-state index in [1.165, 1.54) is 4.90 Å². The van der Waals surface area contributed by atoms with Crippen molar-refractivity contribution in [3.63, 3.8) is 0 Å². The number of esters is 1. The van der Waals surface area contributed by atoms with Crippen LogP contribution in [0, 0.1) is 6.92 Å². The van der Waals surface area contributed by atoms with E-state index in [-0.39, 0.29) is 37.4 Å². The van der Waals surface area contributed by atoms with Crippen LogP contribution in [0.4, 0.5) is 5.69 Å².